The molecule has 1 unspecified atom stereocenters. The van der Waals surface area contributed by atoms with E-state index in [4.69, 9.17) is 11.8 Å². The summed E-state index contributed by atoms with van der Waals surface area (Å²) in [5, 5.41) is 0. The van der Waals surface area contributed by atoms with Crippen molar-refractivity contribution < 1.29 is 52.1 Å². The van der Waals surface area contributed by atoms with Gasteiger partial charge in [0.2, 0.25) is 0 Å². The number of ether oxygens (including phenoxy) is 1. The van der Waals surface area contributed by atoms with Gasteiger partial charge in [0, 0.05) is 11.8 Å². The Bertz CT molecular complexity index is 357. The van der Waals surface area contributed by atoms with E-state index in [0.29, 0.717) is 0 Å². The molecule has 1 aliphatic heterocycles. The van der Waals surface area contributed by atoms with Gasteiger partial charge in [-0.25, -0.2) is 17.6 Å². The van der Waals surface area contributed by atoms with E-state index in [1.165, 1.54) is 13.8 Å². The monoisotopic (exact) mass is 265 g/mol. The molecular weight excluding hydrogens is 257 g/mol. The molecule has 1 amide bonds. The van der Waals surface area contributed by atoms with Gasteiger partial charge in [-0.1, -0.05) is 0 Å². The Morgan fingerprint density at radius 2 is 2.07 bits per heavy atom. The molecule has 0 aromatic carbocycles. The van der Waals surface area contributed by atoms with Crippen LogP contribution in [0.2, 0.25) is 0 Å². The maximum atomic E-state index is 11.0. The van der Waals surface area contributed by atoms with Gasteiger partial charge in [0.05, 0.1) is 21.4 Å². The van der Waals surface area contributed by atoms with Gasteiger partial charge >= 0.3 is 35.7 Å². The van der Waals surface area contributed by atoms with Gasteiger partial charge in [0.15, 0.2) is 0 Å². The second kappa shape index (κ2) is 4.77. The van der Waals surface area contributed by atoms with E-state index in [1.807, 2.05) is 0 Å². The van der Waals surface area contributed by atoms with Crippen LogP contribution in [0.1, 0.15) is 13.8 Å². The molecular formula is C6H9ClNNaO5S. The molecule has 1 heterocycles. The van der Waals surface area contributed by atoms with Gasteiger partial charge < -0.3 is 9.29 Å². The molecule has 0 bridgehead atoms. The normalized spacial score (nSPS) is 24.7. The van der Waals surface area contributed by atoms with Crippen LogP contribution in [0, 0.1) is 0 Å². The van der Waals surface area contributed by atoms with Crippen LogP contribution >= 0.6 is 11.8 Å². The smallest absolute Gasteiger partial charge is 0.748 e. The SMILES string of the molecule is CC1(C)C(CS(=O)(=O)[O-])OC(=O)N1Cl.[Na+]. The molecule has 0 saturated carbocycles. The average Bonchev–Trinajstić information content (AvgIpc) is 2.12. The van der Waals surface area contributed by atoms with Crippen molar-refractivity contribution in [3.8, 4) is 0 Å². The molecule has 82 valence electrons. The Morgan fingerprint density at radius 1 is 1.60 bits per heavy atom. The van der Waals surface area contributed by atoms with Gasteiger partial charge in [-0.3, -0.25) is 0 Å². The van der Waals surface area contributed by atoms with E-state index < -0.39 is 33.6 Å². The Balaban J connectivity index is 0.00000196. The van der Waals surface area contributed by atoms with E-state index >= 15 is 0 Å². The van der Waals surface area contributed by atoms with Crippen molar-refractivity contribution in [3.05, 3.63) is 0 Å². The molecule has 0 aromatic rings. The van der Waals surface area contributed by atoms with Crippen LogP contribution < -0.4 is 29.6 Å². The summed E-state index contributed by atoms with van der Waals surface area (Å²) in [6.45, 7) is 3.03. The standard InChI is InChI=1S/C6H10ClNO5S.Na/c1-6(2)4(3-14(10,11)12)13-5(9)8(6)7;/h4H,3H2,1-2H3,(H,10,11,12);/q;+1/p-1. The number of amides is 1. The first-order valence-electron chi connectivity index (χ1n) is 3.75. The molecule has 15 heavy (non-hydrogen) atoms. The average molecular weight is 266 g/mol. The molecule has 9 heteroatoms. The predicted molar refractivity (Wildman–Crippen MR) is 46.6 cm³/mol. The van der Waals surface area contributed by atoms with E-state index in [9.17, 15) is 17.8 Å². The summed E-state index contributed by atoms with van der Waals surface area (Å²) in [6.07, 6.45) is -1.87. The van der Waals surface area contributed by atoms with Crippen molar-refractivity contribution in [3.63, 3.8) is 0 Å². The minimum atomic E-state index is -4.44. The Labute approximate surface area is 115 Å². The molecule has 1 atom stereocenters. The summed E-state index contributed by atoms with van der Waals surface area (Å²) in [5.41, 5.74) is -1.00. The fraction of sp³-hybridized carbons (Fsp3) is 0.833. The van der Waals surface area contributed by atoms with Crippen molar-refractivity contribution in [2.45, 2.75) is 25.5 Å². The number of cyclic esters (lactones) is 1. The quantitative estimate of drug-likeness (QED) is 0.308. The Kier molecular flexibility index (Phi) is 4.92. The summed E-state index contributed by atoms with van der Waals surface area (Å²) in [7, 11) is -4.44. The Hall–Kier alpha value is 0.470. The second-order valence-corrected chi connectivity index (χ2v) is 5.32. The number of halogens is 1. The molecule has 1 rings (SSSR count). The van der Waals surface area contributed by atoms with Crippen molar-refractivity contribution in [1.82, 2.24) is 4.42 Å². The molecule has 0 aliphatic carbocycles. The fourth-order valence-electron chi connectivity index (χ4n) is 1.10. The second-order valence-electron chi connectivity index (χ2n) is 3.53. The third-order valence-electron chi connectivity index (χ3n) is 2.05. The van der Waals surface area contributed by atoms with Crippen molar-refractivity contribution in [1.29, 1.82) is 0 Å². The van der Waals surface area contributed by atoms with E-state index in [1.54, 1.807) is 0 Å². The molecule has 1 fully saturated rings. The van der Waals surface area contributed by atoms with Crippen LogP contribution in [0.25, 0.3) is 0 Å². The fourth-order valence-corrected chi connectivity index (χ4v) is 2.09. The van der Waals surface area contributed by atoms with Crippen LogP contribution in [-0.2, 0) is 14.9 Å². The van der Waals surface area contributed by atoms with Gasteiger partial charge in [0.25, 0.3) is 0 Å². The molecule has 0 spiro atoms. The molecule has 6 nitrogen and oxygen atoms in total. The first-order valence-corrected chi connectivity index (χ1v) is 5.66. The van der Waals surface area contributed by atoms with Gasteiger partial charge in [-0.15, -0.1) is 0 Å². The Morgan fingerprint density at radius 3 is 2.33 bits per heavy atom. The van der Waals surface area contributed by atoms with Crippen molar-refractivity contribution >= 4 is 28.0 Å². The third kappa shape index (κ3) is 3.47. The maximum absolute atomic E-state index is 11.0. The number of carbonyl (C=O) groups is 1. The first kappa shape index (κ1) is 15.5. The van der Waals surface area contributed by atoms with Crippen LogP contribution in [0.15, 0.2) is 0 Å². The minimum absolute atomic E-state index is 0. The third-order valence-corrected chi connectivity index (χ3v) is 3.34. The van der Waals surface area contributed by atoms with Crippen molar-refractivity contribution in [2.75, 3.05) is 5.75 Å². The van der Waals surface area contributed by atoms with Crippen LogP contribution in [-0.4, -0.2) is 40.9 Å². The number of hydrogen-bond donors (Lipinski definition) is 0. The van der Waals surface area contributed by atoms with E-state index in [-0.39, 0.29) is 29.6 Å². The van der Waals surface area contributed by atoms with Gasteiger partial charge in [0.1, 0.15) is 6.10 Å². The van der Waals surface area contributed by atoms with Crippen LogP contribution in [0.4, 0.5) is 4.79 Å². The number of rotatable bonds is 2. The molecule has 0 radical (unpaired) electrons. The first-order chi connectivity index (χ1) is 6.14. The number of hydrogen-bond acceptors (Lipinski definition) is 5. The minimum Gasteiger partial charge on any atom is -0.748 e. The summed E-state index contributed by atoms with van der Waals surface area (Å²) < 4.78 is 36.8. The number of nitrogens with zero attached hydrogens (tertiary/aromatic N) is 1. The zero-order valence-corrected chi connectivity index (χ0v) is 12.1. The van der Waals surface area contributed by atoms with Crippen LogP contribution in [0.5, 0.6) is 0 Å². The molecule has 0 N–H and O–H groups in total. The summed E-state index contributed by atoms with van der Waals surface area (Å²) in [6, 6.07) is 0. The number of carbonyl (C=O) groups excluding carboxylic acids is 1. The van der Waals surface area contributed by atoms with E-state index in [0.717, 1.165) is 4.42 Å². The molecule has 1 saturated heterocycles. The zero-order valence-electron chi connectivity index (χ0n) is 8.56. The molecule has 0 aromatic heterocycles. The summed E-state index contributed by atoms with van der Waals surface area (Å²) in [4.78, 5) is 11.0. The predicted octanol–water partition coefficient (Wildman–Crippen LogP) is -2.71. The maximum Gasteiger partial charge on any atom is 1.00 e. The molecule has 1 aliphatic rings. The largest absolute Gasteiger partial charge is 1.00 e. The summed E-state index contributed by atoms with van der Waals surface area (Å²) in [5.74, 6) is -0.769. The van der Waals surface area contributed by atoms with Gasteiger partial charge in [-0.05, 0) is 13.8 Å². The van der Waals surface area contributed by atoms with E-state index in [2.05, 4.69) is 4.74 Å². The topological polar surface area (TPSA) is 86.7 Å². The zero-order chi connectivity index (χ0) is 11.1. The van der Waals surface area contributed by atoms with Gasteiger partial charge in [-0.2, -0.15) is 0 Å². The van der Waals surface area contributed by atoms with Crippen molar-refractivity contribution in [2.24, 2.45) is 0 Å². The van der Waals surface area contributed by atoms with Crippen LogP contribution in [0.3, 0.4) is 0 Å². The summed E-state index contributed by atoms with van der Waals surface area (Å²) >= 11 is 5.54.